The van der Waals surface area contributed by atoms with Gasteiger partial charge in [0, 0.05) is 25.0 Å². The highest BCUT2D eigenvalue weighted by Gasteiger charge is 2.34. The zero-order valence-corrected chi connectivity index (χ0v) is 22.7. The summed E-state index contributed by atoms with van der Waals surface area (Å²) in [6.07, 6.45) is 5.27. The first-order valence-corrected chi connectivity index (χ1v) is 14.8. The van der Waals surface area contributed by atoms with Gasteiger partial charge in [-0.2, -0.15) is 5.26 Å². The van der Waals surface area contributed by atoms with E-state index in [9.17, 15) is 23.3 Å². The molecule has 2 aromatic rings. The number of nitrogens with one attached hydrogen (secondary N) is 2. The lowest BCUT2D eigenvalue weighted by molar-refractivity contribution is -0.127. The fraction of sp³-hybridized carbons (Fsp3) is 0.593. The van der Waals surface area contributed by atoms with Crippen LogP contribution < -0.4 is 14.9 Å². The standard InChI is InChI=1S/C27H37N5O4S/c1-18(2)14-20(17-28)29-26(33)22-8-4-5-9-23(22)30-27(34)25-15-19-10-11-21(16-24(19)31(25)3)32-12-6-7-13-37(32,35)36/h10-11,15-16,18,20,22-23H,4-9,12-14H2,1-3H3,(H,29,33)(H,30,34)/t20-,22+,23-/m0/s1. The number of aromatic nitrogens is 1. The van der Waals surface area contributed by atoms with Crippen molar-refractivity contribution in [1.29, 1.82) is 5.26 Å². The van der Waals surface area contributed by atoms with Crippen LogP contribution >= 0.6 is 0 Å². The van der Waals surface area contributed by atoms with Gasteiger partial charge in [-0.05, 0) is 56.2 Å². The largest absolute Gasteiger partial charge is 0.347 e. The first-order chi connectivity index (χ1) is 17.6. The van der Waals surface area contributed by atoms with Crippen molar-refractivity contribution in [2.24, 2.45) is 18.9 Å². The maximum atomic E-state index is 13.4. The molecule has 3 atom stereocenters. The summed E-state index contributed by atoms with van der Waals surface area (Å²) >= 11 is 0. The van der Waals surface area contributed by atoms with Crippen LogP contribution in [0.5, 0.6) is 0 Å². The zero-order chi connectivity index (χ0) is 26.7. The van der Waals surface area contributed by atoms with Crippen molar-refractivity contribution in [1.82, 2.24) is 15.2 Å². The van der Waals surface area contributed by atoms with Crippen molar-refractivity contribution in [2.75, 3.05) is 16.6 Å². The van der Waals surface area contributed by atoms with Gasteiger partial charge in [0.25, 0.3) is 5.91 Å². The van der Waals surface area contributed by atoms with Crippen molar-refractivity contribution in [3.05, 3.63) is 30.0 Å². The number of carbonyl (C=O) groups is 2. The van der Waals surface area contributed by atoms with E-state index in [1.807, 2.05) is 26.0 Å². The number of rotatable bonds is 7. The number of carbonyl (C=O) groups excluding carboxylic acids is 2. The van der Waals surface area contributed by atoms with Crippen molar-refractivity contribution in [3.63, 3.8) is 0 Å². The van der Waals surface area contributed by atoms with Gasteiger partial charge in [0.15, 0.2) is 0 Å². The predicted molar refractivity (Wildman–Crippen MR) is 143 cm³/mol. The van der Waals surface area contributed by atoms with E-state index in [2.05, 4.69) is 16.7 Å². The van der Waals surface area contributed by atoms with E-state index in [-0.39, 0.29) is 35.4 Å². The van der Waals surface area contributed by atoms with E-state index in [0.717, 1.165) is 30.2 Å². The molecule has 0 radical (unpaired) electrons. The van der Waals surface area contributed by atoms with Crippen molar-refractivity contribution >= 4 is 38.4 Å². The quantitative estimate of drug-likeness (QED) is 0.571. The molecule has 1 aromatic heterocycles. The zero-order valence-electron chi connectivity index (χ0n) is 21.9. The molecular formula is C27H37N5O4S. The normalized spacial score (nSPS) is 22.4. The topological polar surface area (TPSA) is 124 Å². The third kappa shape index (κ3) is 5.93. The van der Waals surface area contributed by atoms with E-state index >= 15 is 0 Å². The summed E-state index contributed by atoms with van der Waals surface area (Å²) < 4.78 is 28.4. The number of benzene rings is 1. The fourth-order valence-corrected chi connectivity index (χ4v) is 7.16. The molecule has 4 rings (SSSR count). The maximum absolute atomic E-state index is 13.4. The van der Waals surface area contributed by atoms with Crippen molar-refractivity contribution in [2.45, 2.75) is 70.9 Å². The second-order valence-corrected chi connectivity index (χ2v) is 12.7. The molecule has 9 nitrogen and oxygen atoms in total. The van der Waals surface area contributed by atoms with Crippen LogP contribution in [0.4, 0.5) is 5.69 Å². The Morgan fingerprint density at radius 3 is 2.59 bits per heavy atom. The van der Waals surface area contributed by atoms with Gasteiger partial charge in [-0.25, -0.2) is 8.42 Å². The Kier molecular flexibility index (Phi) is 8.12. The molecule has 1 saturated heterocycles. The summed E-state index contributed by atoms with van der Waals surface area (Å²) in [5.41, 5.74) is 1.83. The molecular weight excluding hydrogens is 490 g/mol. The van der Waals surface area contributed by atoms with Crippen molar-refractivity contribution < 1.29 is 18.0 Å². The minimum atomic E-state index is -3.33. The Labute approximate surface area is 219 Å². The Hall–Kier alpha value is -3.06. The van der Waals surface area contributed by atoms with Crippen molar-refractivity contribution in [3.8, 4) is 6.07 Å². The molecule has 0 spiro atoms. The van der Waals surface area contributed by atoms with Gasteiger partial charge in [0.1, 0.15) is 11.7 Å². The molecule has 10 heteroatoms. The van der Waals surface area contributed by atoms with Crippen LogP contribution in [0, 0.1) is 23.2 Å². The second-order valence-electron chi connectivity index (χ2n) is 10.7. The van der Waals surface area contributed by atoms with Gasteiger partial charge >= 0.3 is 0 Å². The lowest BCUT2D eigenvalue weighted by atomic mass is 9.83. The van der Waals surface area contributed by atoms with Crippen LogP contribution in [0.2, 0.25) is 0 Å². The summed E-state index contributed by atoms with van der Waals surface area (Å²) in [6.45, 7) is 4.48. The third-order valence-corrected chi connectivity index (χ3v) is 9.37. The van der Waals surface area contributed by atoms with Crippen LogP contribution in [0.15, 0.2) is 24.3 Å². The van der Waals surface area contributed by atoms with Gasteiger partial charge in [0.2, 0.25) is 15.9 Å². The number of fused-ring (bicyclic) bond motifs is 1. The van der Waals surface area contributed by atoms with E-state index in [0.29, 0.717) is 43.6 Å². The Balaban J connectivity index is 1.52. The van der Waals surface area contributed by atoms with Crippen LogP contribution in [-0.2, 0) is 21.9 Å². The number of nitriles is 1. The number of sulfonamides is 1. The Bertz CT molecular complexity index is 1310. The highest BCUT2D eigenvalue weighted by Crippen LogP contribution is 2.30. The van der Waals surface area contributed by atoms with E-state index < -0.39 is 16.1 Å². The SMILES string of the molecule is CC(C)C[C@@H](C#N)NC(=O)[C@@H]1CCCC[C@@H]1NC(=O)c1cc2ccc(N3CCCCS3(=O)=O)cc2n1C. The van der Waals surface area contributed by atoms with Gasteiger partial charge < -0.3 is 15.2 Å². The van der Waals surface area contributed by atoms with Gasteiger partial charge in [-0.3, -0.25) is 13.9 Å². The molecule has 0 bridgehead atoms. The Morgan fingerprint density at radius 1 is 1.14 bits per heavy atom. The molecule has 2 aliphatic rings. The molecule has 1 aliphatic heterocycles. The highest BCUT2D eigenvalue weighted by molar-refractivity contribution is 7.92. The predicted octanol–water partition coefficient (Wildman–Crippen LogP) is 3.45. The van der Waals surface area contributed by atoms with Gasteiger partial charge in [0.05, 0.1) is 28.9 Å². The molecule has 0 unspecified atom stereocenters. The molecule has 2 N–H and O–H groups in total. The van der Waals surface area contributed by atoms with E-state index in [1.165, 1.54) is 4.31 Å². The summed E-state index contributed by atoms with van der Waals surface area (Å²) in [6, 6.07) is 8.58. The minimum Gasteiger partial charge on any atom is -0.347 e. The van der Waals surface area contributed by atoms with Crippen LogP contribution in [-0.4, -0.2) is 49.2 Å². The summed E-state index contributed by atoms with van der Waals surface area (Å²) in [7, 11) is -1.54. The first kappa shape index (κ1) is 27.0. The minimum absolute atomic E-state index is 0.147. The number of aryl methyl sites for hydroxylation is 1. The number of hydrogen-bond donors (Lipinski definition) is 2. The first-order valence-electron chi connectivity index (χ1n) is 13.2. The average Bonchev–Trinajstić information content (AvgIpc) is 3.19. The van der Waals surface area contributed by atoms with E-state index in [4.69, 9.17) is 0 Å². The Morgan fingerprint density at radius 2 is 1.89 bits per heavy atom. The second kappa shape index (κ2) is 11.1. The molecule has 1 saturated carbocycles. The van der Waals surface area contributed by atoms with E-state index in [1.54, 1.807) is 23.7 Å². The highest BCUT2D eigenvalue weighted by atomic mass is 32.2. The lowest BCUT2D eigenvalue weighted by Crippen LogP contribution is -2.50. The number of nitrogens with zero attached hydrogens (tertiary/aromatic N) is 3. The summed E-state index contributed by atoms with van der Waals surface area (Å²) in [4.78, 5) is 26.4. The van der Waals surface area contributed by atoms with Gasteiger partial charge in [-0.1, -0.05) is 32.8 Å². The molecule has 1 aliphatic carbocycles. The maximum Gasteiger partial charge on any atom is 0.268 e. The molecule has 2 fully saturated rings. The average molecular weight is 528 g/mol. The molecule has 200 valence electrons. The monoisotopic (exact) mass is 527 g/mol. The summed E-state index contributed by atoms with van der Waals surface area (Å²) in [5, 5.41) is 16.2. The van der Waals surface area contributed by atoms with Gasteiger partial charge in [-0.15, -0.1) is 0 Å². The number of anilines is 1. The molecule has 2 amide bonds. The molecule has 37 heavy (non-hydrogen) atoms. The molecule has 2 heterocycles. The number of hydrogen-bond acceptors (Lipinski definition) is 5. The number of amides is 2. The molecule has 1 aromatic carbocycles. The third-order valence-electron chi connectivity index (χ3n) is 7.50. The van der Waals surface area contributed by atoms with Crippen LogP contribution in [0.1, 0.15) is 69.3 Å². The smallest absolute Gasteiger partial charge is 0.268 e. The fourth-order valence-electron chi connectivity index (χ4n) is 5.52. The summed E-state index contributed by atoms with van der Waals surface area (Å²) in [5.74, 6) is -0.398. The van der Waals surface area contributed by atoms with Crippen LogP contribution in [0.3, 0.4) is 0 Å². The lowest BCUT2D eigenvalue weighted by Gasteiger charge is -2.32. The van der Waals surface area contributed by atoms with Crippen LogP contribution in [0.25, 0.3) is 10.9 Å².